The Morgan fingerprint density at radius 3 is 2.33 bits per heavy atom. The van der Waals surface area contributed by atoms with Crippen molar-refractivity contribution in [3.63, 3.8) is 0 Å². The van der Waals surface area contributed by atoms with Gasteiger partial charge in [-0.15, -0.1) is 0 Å². The second kappa shape index (κ2) is 8.26. The number of rotatable bonds is 4. The molecule has 1 aliphatic rings. The molecule has 1 amide bonds. The normalized spacial score (nSPS) is 14.6. The van der Waals surface area contributed by atoms with E-state index in [4.69, 9.17) is 0 Å². The summed E-state index contributed by atoms with van der Waals surface area (Å²) in [6.45, 7) is 0.269. The van der Waals surface area contributed by atoms with Crippen molar-refractivity contribution < 1.29 is 31.1 Å². The van der Waals surface area contributed by atoms with Crippen molar-refractivity contribution in [3.05, 3.63) is 47.9 Å². The number of alkyl halides is 6. The number of hydrogen-bond donors (Lipinski definition) is 1. The lowest BCUT2D eigenvalue weighted by Gasteiger charge is -2.16. The van der Waals surface area contributed by atoms with Crippen LogP contribution in [0.3, 0.4) is 0 Å². The van der Waals surface area contributed by atoms with Gasteiger partial charge in [-0.2, -0.15) is 41.3 Å². The molecule has 0 aromatic carbocycles. The van der Waals surface area contributed by atoms with Crippen LogP contribution in [-0.4, -0.2) is 37.4 Å². The van der Waals surface area contributed by atoms with E-state index in [1.54, 1.807) is 0 Å². The number of aromatic nitrogens is 5. The van der Waals surface area contributed by atoms with Crippen LogP contribution in [0.4, 0.5) is 43.9 Å². The fraction of sp³-hybridized carbons (Fsp3) is 0.263. The minimum Gasteiger partial charge on any atom is -0.324 e. The number of amides is 1. The average Bonchev–Trinajstić information content (AvgIpc) is 3.18. The molecule has 1 aliphatic heterocycles. The number of hydrogen-bond acceptors (Lipinski definition) is 7. The van der Waals surface area contributed by atoms with Crippen LogP contribution in [0.15, 0.2) is 36.5 Å². The van der Waals surface area contributed by atoms with E-state index in [2.05, 4.69) is 30.2 Å². The molecular weight excluding hydrogens is 456 g/mol. The highest BCUT2D eigenvalue weighted by atomic mass is 19.4. The number of halogens is 6. The minimum atomic E-state index is -4.72. The molecule has 8 nitrogen and oxygen atoms in total. The molecule has 4 heterocycles. The van der Waals surface area contributed by atoms with Gasteiger partial charge in [0.05, 0.1) is 0 Å². The molecule has 1 saturated heterocycles. The van der Waals surface area contributed by atoms with Gasteiger partial charge in [0.1, 0.15) is 17.1 Å². The maximum Gasteiger partial charge on any atom is 0.433 e. The Bertz CT molecular complexity index is 1200. The van der Waals surface area contributed by atoms with Crippen LogP contribution < -0.4 is 10.2 Å². The first kappa shape index (κ1) is 22.4. The van der Waals surface area contributed by atoms with Crippen molar-refractivity contribution in [2.45, 2.75) is 25.2 Å². The topological polar surface area (TPSA) is 96.8 Å². The van der Waals surface area contributed by atoms with Crippen LogP contribution >= 0.6 is 0 Å². The monoisotopic (exact) mass is 469 g/mol. The smallest absolute Gasteiger partial charge is 0.324 e. The minimum absolute atomic E-state index is 0.0785. The van der Waals surface area contributed by atoms with Crippen LogP contribution in [0.5, 0.6) is 0 Å². The van der Waals surface area contributed by atoms with Gasteiger partial charge >= 0.3 is 12.4 Å². The van der Waals surface area contributed by atoms with Crippen molar-refractivity contribution >= 4 is 23.5 Å². The number of nitrogens with zero attached hydrogens (tertiary/aromatic N) is 6. The molecule has 0 bridgehead atoms. The van der Waals surface area contributed by atoms with Crippen LogP contribution in [0, 0.1) is 0 Å². The van der Waals surface area contributed by atoms with Gasteiger partial charge < -0.3 is 5.32 Å². The SMILES string of the molecule is O=C1CCCN1c1nc(Nc2ccnc(C(F)(F)F)c2)nc(-c2cccc(C(F)(F)F)n2)n1. The molecule has 33 heavy (non-hydrogen) atoms. The molecule has 1 N–H and O–H groups in total. The summed E-state index contributed by atoms with van der Waals surface area (Å²) < 4.78 is 78.1. The van der Waals surface area contributed by atoms with E-state index >= 15 is 0 Å². The number of carbonyl (C=O) groups excluding carboxylic acids is 1. The summed E-state index contributed by atoms with van der Waals surface area (Å²) in [6.07, 6.45) is -7.75. The van der Waals surface area contributed by atoms with Gasteiger partial charge in [0.2, 0.25) is 17.8 Å². The summed E-state index contributed by atoms with van der Waals surface area (Å²) in [6, 6.07) is 5.05. The number of anilines is 3. The summed E-state index contributed by atoms with van der Waals surface area (Å²) >= 11 is 0. The fourth-order valence-electron chi connectivity index (χ4n) is 3.03. The third-order valence-corrected chi connectivity index (χ3v) is 4.51. The maximum atomic E-state index is 13.1. The zero-order chi connectivity index (χ0) is 23.8. The van der Waals surface area contributed by atoms with E-state index in [-0.39, 0.29) is 48.0 Å². The Balaban J connectivity index is 1.77. The Labute approximate surface area is 181 Å². The van der Waals surface area contributed by atoms with Gasteiger partial charge in [-0.1, -0.05) is 6.07 Å². The van der Waals surface area contributed by atoms with Crippen LogP contribution in [-0.2, 0) is 17.1 Å². The Hall–Kier alpha value is -3.84. The Kier molecular flexibility index (Phi) is 5.59. The standard InChI is InChI=1S/C19H13F6N7O/c20-18(21,22)12-4-1-3-11(28-12)15-29-16(31-17(30-15)32-8-2-5-14(32)33)27-10-6-7-26-13(9-10)19(23,24)25/h1,3-4,6-7,9H,2,5,8H2,(H,26,27,29,30,31). The molecule has 4 rings (SSSR count). The lowest BCUT2D eigenvalue weighted by molar-refractivity contribution is -0.141. The first-order chi connectivity index (χ1) is 15.5. The molecule has 0 aliphatic carbocycles. The van der Waals surface area contributed by atoms with E-state index < -0.39 is 23.7 Å². The maximum absolute atomic E-state index is 13.1. The van der Waals surface area contributed by atoms with Gasteiger partial charge in [0.25, 0.3) is 0 Å². The summed E-state index contributed by atoms with van der Waals surface area (Å²) in [5.41, 5.74) is -2.69. The summed E-state index contributed by atoms with van der Waals surface area (Å²) in [5.74, 6) is -1.04. The van der Waals surface area contributed by atoms with Crippen molar-refractivity contribution in [2.24, 2.45) is 0 Å². The molecule has 0 radical (unpaired) electrons. The lowest BCUT2D eigenvalue weighted by atomic mass is 10.3. The molecule has 0 saturated carbocycles. The van der Waals surface area contributed by atoms with Crippen LogP contribution in [0.2, 0.25) is 0 Å². The molecule has 0 atom stereocenters. The van der Waals surface area contributed by atoms with E-state index in [9.17, 15) is 31.1 Å². The molecule has 1 fully saturated rings. The number of carbonyl (C=O) groups is 1. The zero-order valence-corrected chi connectivity index (χ0v) is 16.4. The van der Waals surface area contributed by atoms with Crippen LogP contribution in [0.25, 0.3) is 11.5 Å². The fourth-order valence-corrected chi connectivity index (χ4v) is 3.03. The number of nitrogens with one attached hydrogen (secondary N) is 1. The largest absolute Gasteiger partial charge is 0.433 e. The highest BCUT2D eigenvalue weighted by molar-refractivity contribution is 5.93. The molecule has 3 aromatic heterocycles. The summed E-state index contributed by atoms with van der Waals surface area (Å²) in [5, 5.41) is 2.56. The second-order valence-electron chi connectivity index (χ2n) is 6.89. The van der Waals surface area contributed by atoms with E-state index in [1.807, 2.05) is 0 Å². The first-order valence-electron chi connectivity index (χ1n) is 9.42. The quantitative estimate of drug-likeness (QED) is 0.571. The summed E-state index contributed by atoms with van der Waals surface area (Å²) in [7, 11) is 0. The Morgan fingerprint density at radius 1 is 0.909 bits per heavy atom. The highest BCUT2D eigenvalue weighted by Gasteiger charge is 2.34. The van der Waals surface area contributed by atoms with Crippen molar-refractivity contribution in [1.82, 2.24) is 24.9 Å². The van der Waals surface area contributed by atoms with Crippen molar-refractivity contribution in [3.8, 4) is 11.5 Å². The Morgan fingerprint density at radius 2 is 1.67 bits per heavy atom. The third kappa shape index (κ3) is 4.99. The molecule has 3 aromatic rings. The van der Waals surface area contributed by atoms with Gasteiger partial charge in [-0.3, -0.25) is 14.7 Å². The van der Waals surface area contributed by atoms with Crippen LogP contribution in [0.1, 0.15) is 24.2 Å². The van der Waals surface area contributed by atoms with Crippen molar-refractivity contribution in [1.29, 1.82) is 0 Å². The zero-order valence-electron chi connectivity index (χ0n) is 16.4. The molecular formula is C19H13F6N7O. The molecule has 0 unspecified atom stereocenters. The van der Waals surface area contributed by atoms with Gasteiger partial charge in [-0.25, -0.2) is 4.98 Å². The van der Waals surface area contributed by atoms with Gasteiger partial charge in [0.15, 0.2) is 5.82 Å². The second-order valence-corrected chi connectivity index (χ2v) is 6.89. The van der Waals surface area contributed by atoms with E-state index in [0.717, 1.165) is 18.3 Å². The molecule has 0 spiro atoms. The van der Waals surface area contributed by atoms with Crippen molar-refractivity contribution in [2.75, 3.05) is 16.8 Å². The highest BCUT2D eigenvalue weighted by Crippen LogP contribution is 2.31. The van der Waals surface area contributed by atoms with Gasteiger partial charge in [0, 0.05) is 24.8 Å². The first-order valence-corrected chi connectivity index (χ1v) is 9.42. The number of pyridine rings is 2. The summed E-state index contributed by atoms with van der Waals surface area (Å²) in [4.78, 5) is 32.3. The van der Waals surface area contributed by atoms with Gasteiger partial charge in [-0.05, 0) is 30.7 Å². The third-order valence-electron chi connectivity index (χ3n) is 4.51. The average molecular weight is 469 g/mol. The van der Waals surface area contributed by atoms with E-state index in [0.29, 0.717) is 12.5 Å². The lowest BCUT2D eigenvalue weighted by Crippen LogP contribution is -2.26. The predicted octanol–water partition coefficient (Wildman–Crippen LogP) is 4.24. The van der Waals surface area contributed by atoms with E-state index in [1.165, 1.54) is 17.0 Å². The molecule has 14 heteroatoms. The predicted molar refractivity (Wildman–Crippen MR) is 102 cm³/mol. The molecule has 172 valence electrons.